The zero-order valence-corrected chi connectivity index (χ0v) is 30.4. The van der Waals surface area contributed by atoms with Gasteiger partial charge in [-0.25, -0.2) is 4.39 Å². The van der Waals surface area contributed by atoms with Crippen molar-refractivity contribution in [2.24, 2.45) is 0 Å². The number of fused-ring (bicyclic) bond motifs is 2. The predicted molar refractivity (Wildman–Crippen MR) is 199 cm³/mol. The molecular formula is C40H49FN8O2. The molecule has 2 saturated heterocycles. The van der Waals surface area contributed by atoms with Crippen molar-refractivity contribution in [1.82, 2.24) is 19.8 Å². The number of piperazine rings is 1. The molecule has 51 heavy (non-hydrogen) atoms. The third kappa shape index (κ3) is 6.62. The smallest absolute Gasteiger partial charge is 0.282 e. The van der Waals surface area contributed by atoms with Gasteiger partial charge < -0.3 is 29.2 Å². The second-order valence-electron chi connectivity index (χ2n) is 14.6. The van der Waals surface area contributed by atoms with E-state index >= 15 is 0 Å². The van der Waals surface area contributed by atoms with Gasteiger partial charge in [-0.15, -0.1) is 0 Å². The normalized spacial score (nSPS) is 20.5. The summed E-state index contributed by atoms with van der Waals surface area (Å²) in [6.45, 7) is 12.6. The Hall–Kier alpha value is -4.69. The zero-order valence-electron chi connectivity index (χ0n) is 30.4. The van der Waals surface area contributed by atoms with E-state index in [1.54, 1.807) is 0 Å². The standard InChI is InChI=1S/C40H49FN8O2/c1-26-14-17-43-28(3)35(26)36-33-24-47(34-12-6-9-29-10-7-19-46(5)37(29)34)20-15-32(33)38(44-39(36)51-25-31-11-8-18-45(31)4)48-21-22-49(40(50)27(2)41)30(23-48)13-16-42/h6,9,12,14,17,30-31H,2,7-8,10-11,13,15,18-25H2,1,3-5H3/t30-,31-/m0/s1. The van der Waals surface area contributed by atoms with Crippen LogP contribution in [-0.4, -0.2) is 97.7 Å². The first-order valence-electron chi connectivity index (χ1n) is 18.3. The monoisotopic (exact) mass is 692 g/mol. The van der Waals surface area contributed by atoms with Crippen molar-refractivity contribution in [1.29, 1.82) is 5.26 Å². The van der Waals surface area contributed by atoms with Gasteiger partial charge in [0.15, 0.2) is 5.83 Å². The molecule has 0 radical (unpaired) electrons. The number of rotatable bonds is 8. The minimum atomic E-state index is -1.00. The van der Waals surface area contributed by atoms with Gasteiger partial charge in [-0.05, 0) is 88.4 Å². The lowest BCUT2D eigenvalue weighted by molar-refractivity contribution is -0.131. The number of carbonyl (C=O) groups is 1. The Morgan fingerprint density at radius 1 is 1.02 bits per heavy atom. The third-order valence-corrected chi connectivity index (χ3v) is 11.4. The molecule has 2 atom stereocenters. The highest BCUT2D eigenvalue weighted by Gasteiger charge is 2.37. The quantitative estimate of drug-likeness (QED) is 0.280. The van der Waals surface area contributed by atoms with Crippen LogP contribution in [0.1, 0.15) is 53.6 Å². The number of likely N-dealkylation sites (tertiary alicyclic amines) is 1. The number of hydrogen-bond donors (Lipinski definition) is 0. The van der Waals surface area contributed by atoms with Gasteiger partial charge in [0.05, 0.1) is 35.5 Å². The summed E-state index contributed by atoms with van der Waals surface area (Å²) in [4.78, 5) is 33.8. The summed E-state index contributed by atoms with van der Waals surface area (Å²) in [6.07, 6.45) is 7.13. The van der Waals surface area contributed by atoms with E-state index in [2.05, 4.69) is 84.5 Å². The average molecular weight is 693 g/mol. The van der Waals surface area contributed by atoms with E-state index in [0.29, 0.717) is 38.2 Å². The van der Waals surface area contributed by atoms with Gasteiger partial charge in [-0.2, -0.15) is 10.2 Å². The highest BCUT2D eigenvalue weighted by molar-refractivity contribution is 5.91. The van der Waals surface area contributed by atoms with Gasteiger partial charge in [0.2, 0.25) is 5.88 Å². The van der Waals surface area contributed by atoms with Gasteiger partial charge >= 0.3 is 0 Å². The van der Waals surface area contributed by atoms with Crippen molar-refractivity contribution >= 4 is 23.1 Å². The van der Waals surface area contributed by atoms with Crippen molar-refractivity contribution in [3.63, 3.8) is 0 Å². The molecular weight excluding hydrogens is 643 g/mol. The highest BCUT2D eigenvalue weighted by Crippen LogP contribution is 2.46. The molecule has 10 nitrogen and oxygen atoms in total. The first kappa shape index (κ1) is 34.7. The number of nitrogens with zero attached hydrogens (tertiary/aromatic N) is 8. The van der Waals surface area contributed by atoms with Crippen molar-refractivity contribution in [3.8, 4) is 23.1 Å². The topological polar surface area (TPSA) is 92.1 Å². The van der Waals surface area contributed by atoms with Gasteiger partial charge in [-0.3, -0.25) is 9.78 Å². The van der Waals surface area contributed by atoms with E-state index in [9.17, 15) is 14.4 Å². The largest absolute Gasteiger partial charge is 0.475 e. The molecule has 0 bridgehead atoms. The maximum atomic E-state index is 14.1. The number of benzene rings is 1. The van der Waals surface area contributed by atoms with Crippen LogP contribution in [0.15, 0.2) is 42.9 Å². The molecule has 0 spiro atoms. The Morgan fingerprint density at radius 2 is 1.86 bits per heavy atom. The van der Waals surface area contributed by atoms with E-state index < -0.39 is 17.8 Å². The summed E-state index contributed by atoms with van der Waals surface area (Å²) in [7, 11) is 4.35. The molecule has 0 aliphatic carbocycles. The molecule has 0 unspecified atom stereocenters. The summed E-state index contributed by atoms with van der Waals surface area (Å²) >= 11 is 0. The fourth-order valence-electron chi connectivity index (χ4n) is 8.70. The number of aryl methyl sites for hydroxylation is 3. The van der Waals surface area contributed by atoms with Crippen LogP contribution in [0.3, 0.4) is 0 Å². The Bertz CT molecular complexity index is 1850. The van der Waals surface area contributed by atoms with Crippen LogP contribution in [0.5, 0.6) is 5.88 Å². The van der Waals surface area contributed by atoms with Crippen molar-refractivity contribution in [2.75, 3.05) is 74.7 Å². The number of carbonyl (C=O) groups excluding carboxylic acids is 1. The number of ether oxygens (including phenoxy) is 1. The summed E-state index contributed by atoms with van der Waals surface area (Å²) in [5, 5.41) is 9.72. The summed E-state index contributed by atoms with van der Waals surface area (Å²) in [5.74, 6) is -0.345. The van der Waals surface area contributed by atoms with Crippen molar-refractivity contribution < 1.29 is 13.9 Å². The van der Waals surface area contributed by atoms with Crippen LogP contribution in [0.4, 0.5) is 21.6 Å². The van der Waals surface area contributed by atoms with E-state index in [4.69, 9.17) is 14.7 Å². The first-order chi connectivity index (χ1) is 24.7. The zero-order chi connectivity index (χ0) is 35.8. The molecule has 4 aliphatic rings. The number of nitriles is 1. The molecule has 7 rings (SSSR count). The van der Waals surface area contributed by atoms with E-state index in [-0.39, 0.29) is 13.0 Å². The molecule has 0 N–H and O–H groups in total. The summed E-state index contributed by atoms with van der Waals surface area (Å²) in [5.41, 5.74) is 10.4. The third-order valence-electron chi connectivity index (χ3n) is 11.4. The lowest BCUT2D eigenvalue weighted by atomic mass is 9.88. The van der Waals surface area contributed by atoms with E-state index in [1.807, 2.05) is 6.20 Å². The average Bonchev–Trinajstić information content (AvgIpc) is 3.54. The molecule has 11 heteroatoms. The number of para-hydroxylation sites is 1. The summed E-state index contributed by atoms with van der Waals surface area (Å²) < 4.78 is 20.9. The number of aromatic nitrogens is 2. The fourth-order valence-corrected chi connectivity index (χ4v) is 8.70. The van der Waals surface area contributed by atoms with Crippen LogP contribution >= 0.6 is 0 Å². The fraction of sp³-hybridized carbons (Fsp3) is 0.500. The van der Waals surface area contributed by atoms with Gasteiger partial charge in [0.1, 0.15) is 12.4 Å². The molecule has 2 aromatic heterocycles. The summed E-state index contributed by atoms with van der Waals surface area (Å²) in [6, 6.07) is 10.8. The lowest BCUT2D eigenvalue weighted by Crippen LogP contribution is -2.55. The number of amides is 1. The molecule has 1 amide bonds. The van der Waals surface area contributed by atoms with Crippen LogP contribution < -0.4 is 19.4 Å². The molecule has 268 valence electrons. The molecule has 3 aromatic rings. The first-order valence-corrected chi connectivity index (χ1v) is 18.3. The van der Waals surface area contributed by atoms with Crippen molar-refractivity contribution in [3.05, 3.63) is 70.8 Å². The molecule has 6 heterocycles. The van der Waals surface area contributed by atoms with Crippen LogP contribution in [0, 0.1) is 25.2 Å². The number of halogens is 1. The second-order valence-corrected chi connectivity index (χ2v) is 14.6. The number of hydrogen-bond acceptors (Lipinski definition) is 9. The Morgan fingerprint density at radius 3 is 2.61 bits per heavy atom. The van der Waals surface area contributed by atoms with Crippen LogP contribution in [0.2, 0.25) is 0 Å². The van der Waals surface area contributed by atoms with Crippen LogP contribution in [-0.2, 0) is 24.2 Å². The minimum Gasteiger partial charge on any atom is -0.475 e. The Balaban J connectivity index is 1.38. The molecule has 4 aliphatic heterocycles. The van der Waals surface area contributed by atoms with Crippen LogP contribution in [0.25, 0.3) is 11.1 Å². The van der Waals surface area contributed by atoms with Gasteiger partial charge in [0, 0.05) is 75.4 Å². The molecule has 0 saturated carbocycles. The second kappa shape index (κ2) is 14.5. The van der Waals surface area contributed by atoms with Crippen molar-refractivity contribution in [2.45, 2.75) is 71.0 Å². The predicted octanol–water partition coefficient (Wildman–Crippen LogP) is 5.59. The Kier molecular flexibility index (Phi) is 9.88. The lowest BCUT2D eigenvalue weighted by Gasteiger charge is -2.43. The number of likely N-dealkylation sites (N-methyl/N-ethyl adjacent to an activating group) is 1. The van der Waals surface area contributed by atoms with E-state index in [1.165, 1.54) is 27.4 Å². The maximum Gasteiger partial charge on any atom is 0.282 e. The highest BCUT2D eigenvalue weighted by atomic mass is 19.1. The number of pyridine rings is 2. The Labute approximate surface area is 301 Å². The van der Waals surface area contributed by atoms with Gasteiger partial charge in [0.25, 0.3) is 5.91 Å². The van der Waals surface area contributed by atoms with Gasteiger partial charge in [-0.1, -0.05) is 18.7 Å². The maximum absolute atomic E-state index is 14.1. The molecule has 1 aromatic carbocycles. The van der Waals surface area contributed by atoms with E-state index in [0.717, 1.165) is 85.5 Å². The molecule has 2 fully saturated rings. The number of anilines is 3. The SMILES string of the molecule is C=C(F)C(=O)N1CCN(c2nc(OC[C@@H]3CCCN3C)c(-c3c(C)ccnc3C)c3c2CCN(c2cccc4c2N(C)CCC4)C3)C[C@@H]1CC#N. The minimum absolute atomic E-state index is 0.0850.